The van der Waals surface area contributed by atoms with Gasteiger partial charge in [0.1, 0.15) is 0 Å². The Morgan fingerprint density at radius 1 is 1.10 bits per heavy atom. The van der Waals surface area contributed by atoms with Gasteiger partial charge in [-0.05, 0) is 56.6 Å². The highest BCUT2D eigenvalue weighted by Crippen LogP contribution is 2.35. The van der Waals surface area contributed by atoms with Gasteiger partial charge >= 0.3 is 5.97 Å². The van der Waals surface area contributed by atoms with E-state index in [-0.39, 0.29) is 36.4 Å². The van der Waals surface area contributed by atoms with E-state index in [1.54, 1.807) is 18.0 Å². The van der Waals surface area contributed by atoms with Crippen molar-refractivity contribution >= 4 is 23.5 Å². The van der Waals surface area contributed by atoms with E-state index in [0.717, 1.165) is 32.2 Å². The molecule has 3 saturated carbocycles. The average molecular weight is 399 g/mol. The number of aliphatic carboxylic acids is 1. The quantitative estimate of drug-likeness (QED) is 0.664. The summed E-state index contributed by atoms with van der Waals surface area (Å²) in [4.78, 5) is 40.1. The normalized spacial score (nSPS) is 23.4. The monoisotopic (exact) mass is 399 g/mol. The van der Waals surface area contributed by atoms with Crippen molar-refractivity contribution in [2.24, 2.45) is 11.8 Å². The number of carbonyl (C=O) groups excluding carboxylic acids is 2. The third kappa shape index (κ3) is 4.78. The molecule has 0 bridgehead atoms. The van der Waals surface area contributed by atoms with Crippen LogP contribution in [0.5, 0.6) is 0 Å². The van der Waals surface area contributed by atoms with Gasteiger partial charge in [-0.25, -0.2) is 0 Å². The Balaban J connectivity index is 1.34. The van der Waals surface area contributed by atoms with Gasteiger partial charge in [-0.15, -0.1) is 0 Å². The number of hydrogen-bond acceptors (Lipinski definition) is 4. The van der Waals surface area contributed by atoms with Crippen LogP contribution in [0.4, 0.5) is 5.69 Å². The van der Waals surface area contributed by atoms with Crippen LogP contribution in [0.25, 0.3) is 0 Å². The Hall–Kier alpha value is -2.41. The third-order valence-electron chi connectivity index (χ3n) is 6.26. The standard InChI is InChI=1S/C22H29N3O4/c1-24(22(29)15-8-9-15)19-5-3-2-4-18(19)21(28)23-16-10-17(11-16)25(13-20(26)27)12-14-6-7-14/h2-5,14-17H,6-13H2,1H3,(H,23,28)(H,26,27). The molecule has 29 heavy (non-hydrogen) atoms. The molecule has 1 aromatic rings. The van der Waals surface area contributed by atoms with Gasteiger partial charge in [-0.2, -0.15) is 0 Å². The van der Waals surface area contributed by atoms with Gasteiger partial charge in [0, 0.05) is 31.6 Å². The largest absolute Gasteiger partial charge is 0.480 e. The number of hydrogen-bond donors (Lipinski definition) is 2. The molecule has 156 valence electrons. The Kier molecular flexibility index (Phi) is 5.58. The first kappa shape index (κ1) is 19.9. The van der Waals surface area contributed by atoms with Crippen molar-refractivity contribution in [1.82, 2.24) is 10.2 Å². The number of nitrogens with zero attached hydrogens (tertiary/aromatic N) is 2. The van der Waals surface area contributed by atoms with Gasteiger partial charge in [0.15, 0.2) is 0 Å². The Labute approximate surface area is 171 Å². The number of carboxylic acid groups (broad SMARTS) is 1. The predicted octanol–water partition coefficient (Wildman–Crippen LogP) is 2.12. The highest BCUT2D eigenvalue weighted by molar-refractivity contribution is 6.05. The molecule has 1 aromatic carbocycles. The van der Waals surface area contributed by atoms with E-state index in [4.69, 9.17) is 0 Å². The van der Waals surface area contributed by atoms with E-state index >= 15 is 0 Å². The van der Waals surface area contributed by atoms with Crippen LogP contribution in [0.15, 0.2) is 24.3 Å². The Morgan fingerprint density at radius 2 is 1.79 bits per heavy atom. The first-order valence-electron chi connectivity index (χ1n) is 10.6. The maximum atomic E-state index is 12.9. The predicted molar refractivity (Wildman–Crippen MR) is 109 cm³/mol. The maximum Gasteiger partial charge on any atom is 0.317 e. The molecule has 0 atom stereocenters. The first-order valence-corrected chi connectivity index (χ1v) is 10.6. The minimum absolute atomic E-state index is 0.0421. The molecule has 3 aliphatic carbocycles. The minimum atomic E-state index is -0.796. The smallest absolute Gasteiger partial charge is 0.317 e. The van der Waals surface area contributed by atoms with Crippen LogP contribution in [0, 0.1) is 11.8 Å². The second-order valence-corrected chi connectivity index (χ2v) is 8.75. The molecule has 2 N–H and O–H groups in total. The number of anilines is 1. The zero-order chi connectivity index (χ0) is 20.5. The van der Waals surface area contributed by atoms with Crippen LogP contribution >= 0.6 is 0 Å². The second-order valence-electron chi connectivity index (χ2n) is 8.75. The molecule has 2 amide bonds. The third-order valence-corrected chi connectivity index (χ3v) is 6.26. The van der Waals surface area contributed by atoms with Crippen LogP contribution in [0.3, 0.4) is 0 Å². The summed E-state index contributed by atoms with van der Waals surface area (Å²) < 4.78 is 0. The summed E-state index contributed by atoms with van der Waals surface area (Å²) in [6, 6.07) is 7.46. The lowest BCUT2D eigenvalue weighted by molar-refractivity contribution is -0.139. The number of rotatable bonds is 9. The van der Waals surface area contributed by atoms with Crippen LogP contribution in [0.1, 0.15) is 48.9 Å². The fraction of sp³-hybridized carbons (Fsp3) is 0.591. The van der Waals surface area contributed by atoms with E-state index in [2.05, 4.69) is 10.2 Å². The van der Waals surface area contributed by atoms with E-state index < -0.39 is 5.97 Å². The number of carboxylic acids is 1. The van der Waals surface area contributed by atoms with E-state index in [0.29, 0.717) is 17.2 Å². The van der Waals surface area contributed by atoms with E-state index in [9.17, 15) is 19.5 Å². The number of carbonyl (C=O) groups is 3. The molecule has 0 unspecified atom stereocenters. The fourth-order valence-electron chi connectivity index (χ4n) is 4.10. The SMILES string of the molecule is CN(C(=O)C1CC1)c1ccccc1C(=O)NC1CC(N(CC(=O)O)CC2CC2)C1. The molecule has 3 fully saturated rings. The van der Waals surface area contributed by atoms with Crippen molar-refractivity contribution in [3.63, 3.8) is 0 Å². The lowest BCUT2D eigenvalue weighted by Crippen LogP contribution is -2.55. The fourth-order valence-corrected chi connectivity index (χ4v) is 4.10. The molecule has 4 rings (SSSR count). The molecule has 7 heteroatoms. The van der Waals surface area contributed by atoms with Gasteiger partial charge in [-0.3, -0.25) is 19.3 Å². The lowest BCUT2D eigenvalue weighted by Gasteiger charge is -2.42. The Morgan fingerprint density at radius 3 is 2.41 bits per heavy atom. The van der Waals surface area contributed by atoms with Gasteiger partial charge in [-0.1, -0.05) is 12.1 Å². The van der Waals surface area contributed by atoms with E-state index in [1.807, 2.05) is 18.2 Å². The summed E-state index contributed by atoms with van der Waals surface area (Å²) in [6.45, 7) is 0.910. The highest BCUT2D eigenvalue weighted by Gasteiger charge is 2.38. The highest BCUT2D eigenvalue weighted by atomic mass is 16.4. The van der Waals surface area contributed by atoms with Crippen molar-refractivity contribution < 1.29 is 19.5 Å². The molecular weight excluding hydrogens is 370 g/mol. The van der Waals surface area contributed by atoms with Crippen molar-refractivity contribution in [2.45, 2.75) is 50.6 Å². The summed E-state index contributed by atoms with van der Waals surface area (Å²) in [5, 5.41) is 12.2. The molecule has 0 radical (unpaired) electrons. The summed E-state index contributed by atoms with van der Waals surface area (Å²) in [5.41, 5.74) is 1.15. The summed E-state index contributed by atoms with van der Waals surface area (Å²) in [7, 11) is 1.73. The molecule has 0 spiro atoms. The molecular formula is C22H29N3O4. The first-order chi connectivity index (χ1) is 13.9. The van der Waals surface area contributed by atoms with Crippen LogP contribution in [-0.4, -0.2) is 60.0 Å². The van der Waals surface area contributed by atoms with Crippen molar-refractivity contribution in [3.05, 3.63) is 29.8 Å². The summed E-state index contributed by atoms with van der Waals surface area (Å²) in [6.07, 6.45) is 5.76. The summed E-state index contributed by atoms with van der Waals surface area (Å²) >= 11 is 0. The summed E-state index contributed by atoms with van der Waals surface area (Å²) in [5.74, 6) is -0.176. The zero-order valence-corrected chi connectivity index (χ0v) is 16.8. The van der Waals surface area contributed by atoms with Crippen molar-refractivity contribution in [3.8, 4) is 0 Å². The molecule has 0 saturated heterocycles. The minimum Gasteiger partial charge on any atom is -0.480 e. The van der Waals surface area contributed by atoms with Crippen LogP contribution in [-0.2, 0) is 9.59 Å². The zero-order valence-electron chi connectivity index (χ0n) is 16.8. The number of benzene rings is 1. The second kappa shape index (κ2) is 8.14. The average Bonchev–Trinajstić information content (AvgIpc) is 3.56. The van der Waals surface area contributed by atoms with E-state index in [1.165, 1.54) is 12.8 Å². The topological polar surface area (TPSA) is 90.0 Å². The molecule has 0 aliphatic heterocycles. The molecule has 0 heterocycles. The number of amides is 2. The number of nitrogens with one attached hydrogen (secondary N) is 1. The van der Waals surface area contributed by atoms with Crippen molar-refractivity contribution in [2.75, 3.05) is 25.0 Å². The lowest BCUT2D eigenvalue weighted by atomic mass is 9.85. The maximum absolute atomic E-state index is 12.9. The van der Waals surface area contributed by atoms with Crippen molar-refractivity contribution in [1.29, 1.82) is 0 Å². The molecule has 7 nitrogen and oxygen atoms in total. The van der Waals surface area contributed by atoms with Gasteiger partial charge in [0.2, 0.25) is 5.91 Å². The number of para-hydroxylation sites is 1. The molecule has 3 aliphatic rings. The van der Waals surface area contributed by atoms with Crippen LogP contribution in [0.2, 0.25) is 0 Å². The molecule has 0 aromatic heterocycles. The van der Waals surface area contributed by atoms with Gasteiger partial charge < -0.3 is 15.3 Å². The van der Waals surface area contributed by atoms with Gasteiger partial charge in [0.05, 0.1) is 17.8 Å². The van der Waals surface area contributed by atoms with Gasteiger partial charge in [0.25, 0.3) is 5.91 Å². The van der Waals surface area contributed by atoms with Crippen LogP contribution < -0.4 is 10.2 Å². The Bertz CT molecular complexity index is 797.